The maximum absolute atomic E-state index is 12.1. The van der Waals surface area contributed by atoms with Gasteiger partial charge in [0.05, 0.1) is 27.8 Å². The summed E-state index contributed by atoms with van der Waals surface area (Å²) < 4.78 is 8.23. The smallest absolute Gasteiger partial charge is 0.410 e. The van der Waals surface area contributed by atoms with E-state index in [4.69, 9.17) is 4.74 Å². The highest BCUT2D eigenvalue weighted by atomic mass is 127. The molecule has 3 heterocycles. The van der Waals surface area contributed by atoms with Gasteiger partial charge in [0.25, 0.3) is 0 Å². The molecular weight excluding hydrogens is 421 g/mol. The van der Waals surface area contributed by atoms with Gasteiger partial charge in [-0.25, -0.2) is 14.3 Å². The minimum atomic E-state index is -0.449. The predicted octanol–water partition coefficient (Wildman–Crippen LogP) is 3.00. The van der Waals surface area contributed by atoms with Crippen LogP contribution in [0.1, 0.15) is 27.2 Å². The van der Waals surface area contributed by atoms with Gasteiger partial charge >= 0.3 is 6.09 Å². The number of anilines is 1. The summed E-state index contributed by atoms with van der Waals surface area (Å²) in [4.78, 5) is 18.3. The Labute approximate surface area is 154 Å². The van der Waals surface area contributed by atoms with E-state index in [0.29, 0.717) is 5.92 Å². The van der Waals surface area contributed by atoms with Crippen molar-refractivity contribution in [3.8, 4) is 0 Å². The average Bonchev–Trinajstić information content (AvgIpc) is 3.11. The van der Waals surface area contributed by atoms with Crippen LogP contribution in [0.3, 0.4) is 0 Å². The minimum Gasteiger partial charge on any atom is -0.444 e. The molecule has 2 aromatic heterocycles. The van der Waals surface area contributed by atoms with Crippen LogP contribution in [0.2, 0.25) is 0 Å². The van der Waals surface area contributed by atoms with E-state index in [9.17, 15) is 4.79 Å². The Morgan fingerprint density at radius 1 is 1.46 bits per heavy atom. The number of rotatable bonds is 3. The predicted molar refractivity (Wildman–Crippen MR) is 100 cm³/mol. The Bertz CT molecular complexity index is 740. The maximum atomic E-state index is 12.1. The van der Waals surface area contributed by atoms with E-state index < -0.39 is 5.60 Å². The van der Waals surface area contributed by atoms with Crippen LogP contribution in [0.15, 0.2) is 18.6 Å². The third kappa shape index (κ3) is 4.08. The van der Waals surface area contributed by atoms with E-state index >= 15 is 0 Å². The quantitative estimate of drug-likeness (QED) is 0.739. The zero-order valence-corrected chi connectivity index (χ0v) is 16.3. The van der Waals surface area contributed by atoms with Crippen molar-refractivity contribution in [2.24, 2.45) is 5.92 Å². The number of nitrogens with zero attached hydrogens (tertiary/aromatic N) is 4. The number of hydrogen-bond donors (Lipinski definition) is 1. The first-order valence-electron chi connectivity index (χ1n) is 8.02. The number of nitrogens with one attached hydrogen (secondary N) is 1. The molecule has 0 aliphatic carbocycles. The molecule has 1 N–H and O–H groups in total. The zero-order chi connectivity index (χ0) is 17.3. The van der Waals surface area contributed by atoms with Crippen LogP contribution in [-0.4, -0.2) is 50.8 Å². The highest BCUT2D eigenvalue weighted by molar-refractivity contribution is 14.1. The number of hydrogen-bond acceptors (Lipinski definition) is 5. The SMILES string of the molecule is CC(C)(C)OC(=O)N1CCC(CNc2cnc3c(I)cnn3c2)C1. The van der Waals surface area contributed by atoms with Crippen molar-refractivity contribution >= 4 is 40.0 Å². The third-order valence-corrected chi connectivity index (χ3v) is 4.61. The Morgan fingerprint density at radius 2 is 2.25 bits per heavy atom. The third-order valence-electron chi connectivity index (χ3n) is 3.85. The van der Waals surface area contributed by atoms with Gasteiger partial charge in [-0.2, -0.15) is 5.10 Å². The summed E-state index contributed by atoms with van der Waals surface area (Å²) in [5.74, 6) is 0.408. The van der Waals surface area contributed by atoms with Crippen LogP contribution in [-0.2, 0) is 4.74 Å². The number of likely N-dealkylation sites (tertiary alicyclic amines) is 1. The van der Waals surface area contributed by atoms with Crippen molar-refractivity contribution in [3.63, 3.8) is 0 Å². The number of ether oxygens (including phenoxy) is 1. The van der Waals surface area contributed by atoms with E-state index in [1.54, 1.807) is 15.6 Å². The molecule has 130 valence electrons. The van der Waals surface area contributed by atoms with Gasteiger partial charge in [0.2, 0.25) is 0 Å². The first-order valence-corrected chi connectivity index (χ1v) is 9.10. The van der Waals surface area contributed by atoms with Crippen LogP contribution in [0.25, 0.3) is 5.65 Å². The molecule has 0 bridgehead atoms. The van der Waals surface area contributed by atoms with Crippen molar-refractivity contribution in [2.75, 3.05) is 25.0 Å². The van der Waals surface area contributed by atoms with E-state index in [-0.39, 0.29) is 6.09 Å². The van der Waals surface area contributed by atoms with Gasteiger partial charge < -0.3 is 15.0 Å². The van der Waals surface area contributed by atoms with Gasteiger partial charge in [-0.15, -0.1) is 0 Å². The lowest BCUT2D eigenvalue weighted by molar-refractivity contribution is 0.0289. The van der Waals surface area contributed by atoms with Gasteiger partial charge in [-0.05, 0) is 55.7 Å². The zero-order valence-electron chi connectivity index (χ0n) is 14.1. The Hall–Kier alpha value is -1.58. The molecule has 0 saturated carbocycles. The minimum absolute atomic E-state index is 0.223. The summed E-state index contributed by atoms with van der Waals surface area (Å²) >= 11 is 2.22. The molecule has 8 heteroatoms. The standard InChI is InChI=1S/C16H22IN5O2/c1-16(2,3)24-15(23)21-5-4-11(9-21)6-18-12-7-19-14-13(17)8-20-22(14)10-12/h7-8,10-11,18H,4-6,9H2,1-3H3. The molecule has 2 aromatic rings. The fourth-order valence-corrected chi connectivity index (χ4v) is 3.20. The number of carbonyl (C=O) groups excluding carboxylic acids is 1. The summed E-state index contributed by atoms with van der Waals surface area (Å²) in [6.45, 7) is 7.93. The van der Waals surface area contributed by atoms with Crippen molar-refractivity contribution in [1.29, 1.82) is 0 Å². The molecular formula is C16H22IN5O2. The second kappa shape index (κ2) is 6.73. The fourth-order valence-electron chi connectivity index (χ4n) is 2.69. The number of aromatic nitrogens is 3. The molecule has 24 heavy (non-hydrogen) atoms. The highest BCUT2D eigenvalue weighted by Gasteiger charge is 2.29. The van der Waals surface area contributed by atoms with Gasteiger partial charge in [0.15, 0.2) is 5.65 Å². The van der Waals surface area contributed by atoms with E-state index in [0.717, 1.165) is 41.0 Å². The number of halogens is 1. The Morgan fingerprint density at radius 3 is 3.00 bits per heavy atom. The van der Waals surface area contributed by atoms with Gasteiger partial charge in [0, 0.05) is 19.6 Å². The maximum Gasteiger partial charge on any atom is 0.410 e. The van der Waals surface area contributed by atoms with Crippen molar-refractivity contribution < 1.29 is 9.53 Å². The topological polar surface area (TPSA) is 71.8 Å². The second-order valence-electron chi connectivity index (χ2n) is 7.07. The average molecular weight is 443 g/mol. The largest absolute Gasteiger partial charge is 0.444 e. The van der Waals surface area contributed by atoms with Crippen molar-refractivity contribution in [2.45, 2.75) is 32.8 Å². The van der Waals surface area contributed by atoms with Gasteiger partial charge in [-0.3, -0.25) is 0 Å². The lowest BCUT2D eigenvalue weighted by atomic mass is 10.1. The summed E-state index contributed by atoms with van der Waals surface area (Å²) in [6.07, 6.45) is 6.30. The molecule has 1 atom stereocenters. The first-order chi connectivity index (χ1) is 11.3. The highest BCUT2D eigenvalue weighted by Crippen LogP contribution is 2.20. The van der Waals surface area contributed by atoms with Crippen LogP contribution < -0.4 is 5.32 Å². The Balaban J connectivity index is 1.53. The number of carbonyl (C=O) groups is 1. The molecule has 3 rings (SSSR count). The summed E-state index contributed by atoms with van der Waals surface area (Å²) in [5, 5.41) is 7.66. The molecule has 1 aliphatic rings. The van der Waals surface area contributed by atoms with Gasteiger partial charge in [0.1, 0.15) is 5.60 Å². The molecule has 1 amide bonds. The Kier molecular flexibility index (Phi) is 4.84. The molecule has 0 radical (unpaired) electrons. The molecule has 7 nitrogen and oxygen atoms in total. The molecule has 0 spiro atoms. The summed E-state index contributed by atoms with van der Waals surface area (Å²) in [5.41, 5.74) is 1.34. The van der Waals surface area contributed by atoms with E-state index in [1.807, 2.05) is 33.2 Å². The number of fused-ring (bicyclic) bond motifs is 1. The van der Waals surface area contributed by atoms with Crippen molar-refractivity contribution in [3.05, 3.63) is 22.2 Å². The van der Waals surface area contributed by atoms with Gasteiger partial charge in [-0.1, -0.05) is 0 Å². The lowest BCUT2D eigenvalue weighted by Gasteiger charge is -2.24. The van der Waals surface area contributed by atoms with E-state index in [1.165, 1.54) is 0 Å². The summed E-state index contributed by atoms with van der Waals surface area (Å²) in [7, 11) is 0. The molecule has 1 fully saturated rings. The molecule has 1 aliphatic heterocycles. The first kappa shape index (κ1) is 17.2. The molecule has 1 unspecified atom stereocenters. The fraction of sp³-hybridized carbons (Fsp3) is 0.562. The van der Waals surface area contributed by atoms with E-state index in [2.05, 4.69) is 38.0 Å². The second-order valence-corrected chi connectivity index (χ2v) is 8.23. The van der Waals surface area contributed by atoms with Crippen LogP contribution >= 0.6 is 22.6 Å². The molecule has 1 saturated heterocycles. The van der Waals surface area contributed by atoms with Crippen LogP contribution in [0.5, 0.6) is 0 Å². The lowest BCUT2D eigenvalue weighted by Crippen LogP contribution is -2.35. The summed E-state index contributed by atoms with van der Waals surface area (Å²) in [6, 6.07) is 0. The normalized spacial score (nSPS) is 18.2. The molecule has 0 aromatic carbocycles. The number of amides is 1. The van der Waals surface area contributed by atoms with Crippen LogP contribution in [0.4, 0.5) is 10.5 Å². The van der Waals surface area contributed by atoms with Crippen molar-refractivity contribution in [1.82, 2.24) is 19.5 Å². The van der Waals surface area contributed by atoms with Crippen LogP contribution in [0, 0.1) is 9.49 Å². The monoisotopic (exact) mass is 443 g/mol.